The Balaban J connectivity index is 1.63. The van der Waals surface area contributed by atoms with E-state index in [-0.39, 0.29) is 17.3 Å². The van der Waals surface area contributed by atoms with Gasteiger partial charge in [-0.3, -0.25) is 9.10 Å². The van der Waals surface area contributed by atoms with Crippen molar-refractivity contribution in [3.05, 3.63) is 94.0 Å². The number of sulfonamides is 1. The molecule has 186 valence electrons. The maximum absolute atomic E-state index is 13.5. The molecular weight excluding hydrogens is 500 g/mol. The third-order valence-electron chi connectivity index (χ3n) is 5.63. The van der Waals surface area contributed by atoms with Crippen LogP contribution in [0.15, 0.2) is 71.6 Å². The second kappa shape index (κ2) is 12.5. The Labute approximate surface area is 217 Å². The Morgan fingerprint density at radius 2 is 1.69 bits per heavy atom. The van der Waals surface area contributed by atoms with Gasteiger partial charge in [-0.05, 0) is 80.0 Å². The number of rotatable bonds is 11. The molecule has 3 aromatic rings. The first-order valence-electron chi connectivity index (χ1n) is 11.4. The van der Waals surface area contributed by atoms with E-state index in [2.05, 4.69) is 24.4 Å². The standard InChI is InChI=1S/C27H31ClN2O3S2/c1-20-9-12-25(13-10-20)35(32,33)30(26-14-11-24(28)17-22(26)3)18-27(31)29-15-6-16-34-19-23-8-5-4-7-21(23)2/h4-5,7-14,17H,6,15-16,18-19H2,1-3H3,(H,29,31). The summed E-state index contributed by atoms with van der Waals surface area (Å²) in [6.07, 6.45) is 0.799. The minimum Gasteiger partial charge on any atom is -0.354 e. The predicted octanol–water partition coefficient (Wildman–Crippen LogP) is 5.90. The van der Waals surface area contributed by atoms with E-state index in [1.807, 2.05) is 30.8 Å². The molecule has 0 unspecified atom stereocenters. The van der Waals surface area contributed by atoms with Crippen LogP contribution in [-0.4, -0.2) is 33.2 Å². The van der Waals surface area contributed by atoms with Crippen molar-refractivity contribution in [1.82, 2.24) is 5.32 Å². The van der Waals surface area contributed by atoms with Crippen LogP contribution in [-0.2, 0) is 20.6 Å². The monoisotopic (exact) mass is 530 g/mol. The van der Waals surface area contributed by atoms with Crippen LogP contribution in [0.2, 0.25) is 5.02 Å². The molecule has 0 radical (unpaired) electrons. The van der Waals surface area contributed by atoms with E-state index in [9.17, 15) is 13.2 Å². The molecule has 0 bridgehead atoms. The van der Waals surface area contributed by atoms with Gasteiger partial charge >= 0.3 is 0 Å². The first-order valence-corrected chi connectivity index (χ1v) is 14.4. The minimum absolute atomic E-state index is 0.137. The number of thioether (sulfide) groups is 1. The van der Waals surface area contributed by atoms with E-state index < -0.39 is 10.0 Å². The molecular formula is C27H31ClN2O3S2. The molecule has 1 amide bonds. The minimum atomic E-state index is -3.95. The second-order valence-electron chi connectivity index (χ2n) is 8.44. The lowest BCUT2D eigenvalue weighted by Gasteiger charge is -2.26. The second-order valence-corrected chi connectivity index (χ2v) is 11.8. The number of amides is 1. The molecule has 5 nitrogen and oxygen atoms in total. The quantitative estimate of drug-likeness (QED) is 0.313. The van der Waals surface area contributed by atoms with Gasteiger partial charge in [0.2, 0.25) is 5.91 Å². The SMILES string of the molecule is Cc1ccc(S(=O)(=O)N(CC(=O)NCCCSCc2ccccc2C)c2ccc(Cl)cc2C)cc1. The van der Waals surface area contributed by atoms with Gasteiger partial charge in [-0.2, -0.15) is 11.8 Å². The topological polar surface area (TPSA) is 66.5 Å². The summed E-state index contributed by atoms with van der Waals surface area (Å²) in [7, 11) is -3.95. The van der Waals surface area contributed by atoms with E-state index in [1.165, 1.54) is 11.1 Å². The molecule has 3 rings (SSSR count). The predicted molar refractivity (Wildman–Crippen MR) is 147 cm³/mol. The summed E-state index contributed by atoms with van der Waals surface area (Å²) in [6.45, 7) is 5.95. The largest absolute Gasteiger partial charge is 0.354 e. The zero-order valence-corrected chi connectivity index (χ0v) is 22.6. The zero-order valence-electron chi connectivity index (χ0n) is 20.3. The van der Waals surface area contributed by atoms with Crippen LogP contribution in [0, 0.1) is 20.8 Å². The summed E-state index contributed by atoms with van der Waals surface area (Å²) in [6, 6.07) is 19.9. The van der Waals surface area contributed by atoms with Crippen molar-refractivity contribution >= 4 is 45.0 Å². The maximum Gasteiger partial charge on any atom is 0.264 e. The summed E-state index contributed by atoms with van der Waals surface area (Å²) in [5, 5.41) is 3.38. The fourth-order valence-electron chi connectivity index (χ4n) is 3.58. The number of benzene rings is 3. The Bertz CT molecular complexity index is 1260. The summed E-state index contributed by atoms with van der Waals surface area (Å²) < 4.78 is 28.2. The van der Waals surface area contributed by atoms with Gasteiger partial charge < -0.3 is 5.32 Å². The van der Waals surface area contributed by atoms with E-state index >= 15 is 0 Å². The van der Waals surface area contributed by atoms with E-state index in [0.717, 1.165) is 27.8 Å². The van der Waals surface area contributed by atoms with Crippen LogP contribution in [0.5, 0.6) is 0 Å². The number of hydrogen-bond donors (Lipinski definition) is 1. The average molecular weight is 531 g/mol. The van der Waals surface area contributed by atoms with Crippen LogP contribution in [0.1, 0.15) is 28.7 Å². The number of nitrogens with one attached hydrogen (secondary N) is 1. The summed E-state index contributed by atoms with van der Waals surface area (Å²) >= 11 is 7.90. The molecule has 0 aromatic heterocycles. The summed E-state index contributed by atoms with van der Waals surface area (Å²) in [5.74, 6) is 1.48. The Hall–Kier alpha value is -2.48. The van der Waals surface area contributed by atoms with Gasteiger partial charge in [-0.15, -0.1) is 0 Å². The molecule has 1 N–H and O–H groups in total. The van der Waals surface area contributed by atoms with Gasteiger partial charge in [0.15, 0.2) is 0 Å². The number of nitrogens with zero attached hydrogens (tertiary/aromatic N) is 1. The van der Waals surface area contributed by atoms with Crippen LogP contribution >= 0.6 is 23.4 Å². The van der Waals surface area contributed by atoms with E-state index in [4.69, 9.17) is 11.6 Å². The average Bonchev–Trinajstić information content (AvgIpc) is 2.81. The van der Waals surface area contributed by atoms with Crippen LogP contribution in [0.3, 0.4) is 0 Å². The number of carbonyl (C=O) groups is 1. The molecule has 8 heteroatoms. The number of carbonyl (C=O) groups excluding carboxylic acids is 1. The summed E-state index contributed by atoms with van der Waals surface area (Å²) in [4.78, 5) is 12.9. The number of anilines is 1. The van der Waals surface area contributed by atoms with Crippen LogP contribution < -0.4 is 9.62 Å². The molecule has 0 saturated heterocycles. The van der Waals surface area contributed by atoms with Gasteiger partial charge in [0, 0.05) is 17.3 Å². The van der Waals surface area contributed by atoms with Crippen molar-refractivity contribution < 1.29 is 13.2 Å². The lowest BCUT2D eigenvalue weighted by Crippen LogP contribution is -2.41. The van der Waals surface area contributed by atoms with Crippen molar-refractivity contribution in [1.29, 1.82) is 0 Å². The third-order valence-corrected chi connectivity index (χ3v) is 8.73. The fraction of sp³-hybridized carbons (Fsp3) is 0.296. The van der Waals surface area contributed by atoms with Gasteiger partial charge in [0.05, 0.1) is 10.6 Å². The summed E-state index contributed by atoms with van der Waals surface area (Å²) in [5.41, 5.74) is 4.65. The van der Waals surface area contributed by atoms with E-state index in [0.29, 0.717) is 22.8 Å². The first-order chi connectivity index (χ1) is 16.7. The number of hydrogen-bond acceptors (Lipinski definition) is 4. The molecule has 0 heterocycles. The smallest absolute Gasteiger partial charge is 0.264 e. The van der Waals surface area contributed by atoms with Gasteiger partial charge in [0.25, 0.3) is 10.0 Å². The Morgan fingerprint density at radius 1 is 0.971 bits per heavy atom. The lowest BCUT2D eigenvalue weighted by atomic mass is 10.1. The molecule has 0 spiro atoms. The van der Waals surface area contributed by atoms with Crippen molar-refractivity contribution in [2.24, 2.45) is 0 Å². The van der Waals surface area contributed by atoms with Gasteiger partial charge in [-0.1, -0.05) is 53.6 Å². The fourth-order valence-corrected chi connectivity index (χ4v) is 6.33. The third kappa shape index (κ3) is 7.50. The van der Waals surface area contributed by atoms with Crippen molar-refractivity contribution in [3.8, 4) is 0 Å². The Morgan fingerprint density at radius 3 is 2.37 bits per heavy atom. The van der Waals surface area contributed by atoms with Gasteiger partial charge in [-0.25, -0.2) is 8.42 Å². The lowest BCUT2D eigenvalue weighted by molar-refractivity contribution is -0.119. The van der Waals surface area contributed by atoms with Crippen molar-refractivity contribution in [2.45, 2.75) is 37.8 Å². The highest BCUT2D eigenvalue weighted by molar-refractivity contribution is 7.98. The van der Waals surface area contributed by atoms with Gasteiger partial charge in [0.1, 0.15) is 6.54 Å². The molecule has 35 heavy (non-hydrogen) atoms. The number of halogens is 1. The maximum atomic E-state index is 13.5. The van der Waals surface area contributed by atoms with E-state index in [1.54, 1.807) is 49.4 Å². The van der Waals surface area contributed by atoms with Crippen LogP contribution in [0.4, 0.5) is 5.69 Å². The van der Waals surface area contributed by atoms with Crippen LogP contribution in [0.25, 0.3) is 0 Å². The molecule has 3 aromatic carbocycles. The Kier molecular flexibility index (Phi) is 9.66. The molecule has 0 saturated carbocycles. The molecule has 0 aliphatic rings. The first kappa shape index (κ1) is 27.1. The van der Waals surface area contributed by atoms with Crippen molar-refractivity contribution in [2.75, 3.05) is 23.1 Å². The molecule has 0 atom stereocenters. The molecule has 0 aliphatic heterocycles. The van der Waals surface area contributed by atoms with Crippen molar-refractivity contribution in [3.63, 3.8) is 0 Å². The highest BCUT2D eigenvalue weighted by Gasteiger charge is 2.28. The highest BCUT2D eigenvalue weighted by Crippen LogP contribution is 2.29. The zero-order chi connectivity index (χ0) is 25.4. The molecule has 0 fully saturated rings. The normalized spacial score (nSPS) is 11.3. The molecule has 0 aliphatic carbocycles. The highest BCUT2D eigenvalue weighted by atomic mass is 35.5. The number of aryl methyl sites for hydroxylation is 3.